The fourth-order valence-corrected chi connectivity index (χ4v) is 1.51. The summed E-state index contributed by atoms with van der Waals surface area (Å²) in [5, 5.41) is 0. The van der Waals surface area contributed by atoms with Crippen molar-refractivity contribution >= 4 is 5.97 Å². The van der Waals surface area contributed by atoms with Gasteiger partial charge in [-0.2, -0.15) is 0 Å². The molecule has 18 heavy (non-hydrogen) atoms. The van der Waals surface area contributed by atoms with Crippen LogP contribution in [0.15, 0.2) is 4.42 Å². The second-order valence-electron chi connectivity index (χ2n) is 4.60. The summed E-state index contributed by atoms with van der Waals surface area (Å²) in [7, 11) is 1.63. The van der Waals surface area contributed by atoms with Crippen LogP contribution in [0.1, 0.15) is 49.8 Å². The molecule has 0 aromatic carbocycles. The topological polar surface area (TPSA) is 61.6 Å². The Morgan fingerprint density at radius 3 is 2.56 bits per heavy atom. The number of esters is 1. The smallest absolute Gasteiger partial charge is 0.376 e. The highest BCUT2D eigenvalue weighted by atomic mass is 16.5. The maximum absolute atomic E-state index is 11.7. The van der Waals surface area contributed by atoms with E-state index in [1.807, 2.05) is 20.8 Å². The molecule has 0 N–H and O–H groups in total. The first-order chi connectivity index (χ1) is 8.43. The molecule has 0 saturated heterocycles. The quantitative estimate of drug-likeness (QED) is 0.730. The van der Waals surface area contributed by atoms with Crippen molar-refractivity contribution in [2.75, 3.05) is 13.7 Å². The summed E-state index contributed by atoms with van der Waals surface area (Å²) in [6.07, 6.45) is 1.14. The predicted molar refractivity (Wildman–Crippen MR) is 66.6 cm³/mol. The molecule has 102 valence electrons. The summed E-state index contributed by atoms with van der Waals surface area (Å²) < 4.78 is 15.7. The van der Waals surface area contributed by atoms with Gasteiger partial charge in [0, 0.05) is 7.11 Å². The number of ether oxygens (including phenoxy) is 2. The van der Waals surface area contributed by atoms with E-state index in [2.05, 4.69) is 4.98 Å². The second kappa shape index (κ2) is 6.00. The molecule has 0 radical (unpaired) electrons. The SMILES string of the molecule is CCOC(=O)c1oc(CC(C)(C)OC)nc1CC. The van der Waals surface area contributed by atoms with Crippen molar-refractivity contribution in [2.45, 2.75) is 46.1 Å². The molecule has 5 heteroatoms. The molecule has 0 aliphatic rings. The van der Waals surface area contributed by atoms with Crippen LogP contribution in [-0.4, -0.2) is 30.3 Å². The van der Waals surface area contributed by atoms with Gasteiger partial charge in [-0.25, -0.2) is 9.78 Å². The van der Waals surface area contributed by atoms with Crippen molar-refractivity contribution in [2.24, 2.45) is 0 Å². The molecule has 1 heterocycles. The van der Waals surface area contributed by atoms with Crippen molar-refractivity contribution in [3.05, 3.63) is 17.3 Å². The van der Waals surface area contributed by atoms with Gasteiger partial charge in [0.25, 0.3) is 0 Å². The Balaban J connectivity index is 2.94. The van der Waals surface area contributed by atoms with Crippen LogP contribution in [0.2, 0.25) is 0 Å². The summed E-state index contributed by atoms with van der Waals surface area (Å²) in [4.78, 5) is 16.0. The fraction of sp³-hybridized carbons (Fsp3) is 0.692. The first kappa shape index (κ1) is 14.7. The van der Waals surface area contributed by atoms with E-state index < -0.39 is 5.97 Å². The normalized spacial score (nSPS) is 11.6. The Hall–Kier alpha value is -1.36. The molecular weight excluding hydrogens is 234 g/mol. The molecule has 1 aromatic rings. The summed E-state index contributed by atoms with van der Waals surface area (Å²) in [6, 6.07) is 0. The van der Waals surface area contributed by atoms with E-state index in [9.17, 15) is 4.79 Å². The average molecular weight is 255 g/mol. The number of carbonyl (C=O) groups is 1. The lowest BCUT2D eigenvalue weighted by atomic mass is 10.1. The van der Waals surface area contributed by atoms with Crippen molar-refractivity contribution < 1.29 is 18.7 Å². The van der Waals surface area contributed by atoms with Gasteiger partial charge < -0.3 is 13.9 Å². The Morgan fingerprint density at radius 1 is 1.39 bits per heavy atom. The first-order valence-electron chi connectivity index (χ1n) is 6.14. The van der Waals surface area contributed by atoms with Gasteiger partial charge in [-0.3, -0.25) is 0 Å². The maximum atomic E-state index is 11.7. The van der Waals surface area contributed by atoms with Crippen LogP contribution in [-0.2, 0) is 22.3 Å². The lowest BCUT2D eigenvalue weighted by Crippen LogP contribution is -2.25. The zero-order valence-electron chi connectivity index (χ0n) is 11.7. The van der Waals surface area contributed by atoms with Crippen LogP contribution in [0.3, 0.4) is 0 Å². The van der Waals surface area contributed by atoms with Crippen molar-refractivity contribution in [3.63, 3.8) is 0 Å². The van der Waals surface area contributed by atoms with Crippen LogP contribution in [0, 0.1) is 0 Å². The van der Waals surface area contributed by atoms with Crippen LogP contribution >= 0.6 is 0 Å². The zero-order valence-corrected chi connectivity index (χ0v) is 11.7. The minimum Gasteiger partial charge on any atom is -0.460 e. The number of rotatable bonds is 6. The van der Waals surface area contributed by atoms with Crippen LogP contribution < -0.4 is 0 Å². The molecule has 0 aliphatic heterocycles. The van der Waals surface area contributed by atoms with E-state index in [1.165, 1.54) is 0 Å². The molecule has 0 unspecified atom stereocenters. The van der Waals surface area contributed by atoms with E-state index in [-0.39, 0.29) is 11.4 Å². The molecule has 0 amide bonds. The number of hydrogen-bond acceptors (Lipinski definition) is 5. The number of aromatic nitrogens is 1. The summed E-state index contributed by atoms with van der Waals surface area (Å²) in [6.45, 7) is 7.88. The molecule has 0 atom stereocenters. The van der Waals surface area contributed by atoms with Crippen LogP contribution in [0.4, 0.5) is 0 Å². The minimum atomic E-state index is -0.455. The van der Waals surface area contributed by atoms with Crippen molar-refractivity contribution in [3.8, 4) is 0 Å². The number of aryl methyl sites for hydroxylation is 1. The van der Waals surface area contributed by atoms with Crippen molar-refractivity contribution in [1.82, 2.24) is 4.98 Å². The van der Waals surface area contributed by atoms with E-state index >= 15 is 0 Å². The molecule has 0 aliphatic carbocycles. The second-order valence-corrected chi connectivity index (χ2v) is 4.60. The molecule has 0 bridgehead atoms. The molecular formula is C13H21NO4. The van der Waals surface area contributed by atoms with E-state index in [1.54, 1.807) is 14.0 Å². The van der Waals surface area contributed by atoms with Gasteiger partial charge in [-0.15, -0.1) is 0 Å². The van der Waals surface area contributed by atoms with Crippen LogP contribution in [0.5, 0.6) is 0 Å². The predicted octanol–water partition coefficient (Wildman–Crippen LogP) is 2.38. The van der Waals surface area contributed by atoms with Crippen molar-refractivity contribution in [1.29, 1.82) is 0 Å². The number of hydrogen-bond donors (Lipinski definition) is 0. The molecule has 1 rings (SSSR count). The highest BCUT2D eigenvalue weighted by Crippen LogP contribution is 2.19. The number of carbonyl (C=O) groups excluding carboxylic acids is 1. The number of nitrogens with zero attached hydrogens (tertiary/aromatic N) is 1. The number of methoxy groups -OCH3 is 1. The molecule has 0 saturated carbocycles. The first-order valence-corrected chi connectivity index (χ1v) is 6.14. The molecule has 5 nitrogen and oxygen atoms in total. The Bertz CT molecular complexity index is 409. The number of oxazole rings is 1. The van der Waals surface area contributed by atoms with Gasteiger partial charge >= 0.3 is 5.97 Å². The third-order valence-corrected chi connectivity index (χ3v) is 2.67. The van der Waals surface area contributed by atoms with E-state index in [4.69, 9.17) is 13.9 Å². The molecule has 0 spiro atoms. The summed E-state index contributed by atoms with van der Waals surface area (Å²) in [5.41, 5.74) is 0.261. The highest BCUT2D eigenvalue weighted by molar-refractivity contribution is 5.87. The van der Waals surface area contributed by atoms with Gasteiger partial charge in [0.1, 0.15) is 0 Å². The largest absolute Gasteiger partial charge is 0.460 e. The third-order valence-electron chi connectivity index (χ3n) is 2.67. The molecule has 0 fully saturated rings. The highest BCUT2D eigenvalue weighted by Gasteiger charge is 2.25. The Kier molecular flexibility index (Phi) is 4.90. The lowest BCUT2D eigenvalue weighted by molar-refractivity contribution is 0.0173. The fourth-order valence-electron chi connectivity index (χ4n) is 1.51. The summed E-state index contributed by atoms with van der Waals surface area (Å²) >= 11 is 0. The minimum absolute atomic E-state index is 0.209. The van der Waals surface area contributed by atoms with Gasteiger partial charge in [0.05, 0.1) is 24.3 Å². The van der Waals surface area contributed by atoms with Gasteiger partial charge in [-0.1, -0.05) is 6.92 Å². The van der Waals surface area contributed by atoms with E-state index in [0.29, 0.717) is 31.0 Å². The Morgan fingerprint density at radius 2 is 2.06 bits per heavy atom. The monoisotopic (exact) mass is 255 g/mol. The standard InChI is InChI=1S/C13H21NO4/c1-6-9-11(12(15)17-7-2)18-10(14-9)8-13(3,4)16-5/h6-8H2,1-5H3. The van der Waals surface area contributed by atoms with Gasteiger partial charge in [0.2, 0.25) is 5.76 Å². The lowest BCUT2D eigenvalue weighted by Gasteiger charge is -2.20. The van der Waals surface area contributed by atoms with Crippen LogP contribution in [0.25, 0.3) is 0 Å². The Labute approximate surface area is 107 Å². The average Bonchev–Trinajstić information content (AvgIpc) is 2.71. The maximum Gasteiger partial charge on any atom is 0.376 e. The molecule has 1 aromatic heterocycles. The van der Waals surface area contributed by atoms with Gasteiger partial charge in [-0.05, 0) is 27.2 Å². The van der Waals surface area contributed by atoms with E-state index in [0.717, 1.165) is 0 Å². The summed E-state index contributed by atoms with van der Waals surface area (Å²) in [5.74, 6) is 0.256. The van der Waals surface area contributed by atoms with Gasteiger partial charge in [0.15, 0.2) is 5.89 Å². The zero-order chi connectivity index (χ0) is 13.8. The third kappa shape index (κ3) is 3.57.